The van der Waals surface area contributed by atoms with E-state index >= 15 is 0 Å². The second kappa shape index (κ2) is 7.21. The summed E-state index contributed by atoms with van der Waals surface area (Å²) in [6, 6.07) is 1.71. The molecule has 20 heavy (non-hydrogen) atoms. The second-order valence-corrected chi connectivity index (χ2v) is 5.67. The number of thiophene rings is 1. The van der Waals surface area contributed by atoms with Crippen molar-refractivity contribution in [2.24, 2.45) is 0 Å². The first-order valence-corrected chi connectivity index (χ1v) is 7.14. The van der Waals surface area contributed by atoms with E-state index in [0.29, 0.717) is 23.6 Å². The van der Waals surface area contributed by atoms with Crippen molar-refractivity contribution < 1.29 is 19.4 Å². The van der Waals surface area contributed by atoms with E-state index in [4.69, 9.17) is 9.84 Å². The van der Waals surface area contributed by atoms with Gasteiger partial charge in [-0.25, -0.2) is 4.79 Å². The van der Waals surface area contributed by atoms with Crippen LogP contribution in [-0.4, -0.2) is 35.7 Å². The number of rotatable bonds is 7. The van der Waals surface area contributed by atoms with Gasteiger partial charge in [-0.1, -0.05) is 0 Å². The Kier molecular flexibility index (Phi) is 5.91. The molecule has 1 rings (SSSR count). The Bertz CT molecular complexity index is 505. The van der Waals surface area contributed by atoms with Crippen LogP contribution < -0.4 is 5.32 Å². The van der Waals surface area contributed by atoms with Gasteiger partial charge < -0.3 is 15.2 Å². The first-order valence-electron chi connectivity index (χ1n) is 6.26. The van der Waals surface area contributed by atoms with Crippen LogP contribution in [0, 0.1) is 0 Å². The van der Waals surface area contributed by atoms with Crippen LogP contribution in [0.1, 0.15) is 36.0 Å². The Balaban J connectivity index is 2.69. The van der Waals surface area contributed by atoms with E-state index in [2.05, 4.69) is 5.32 Å². The van der Waals surface area contributed by atoms with Gasteiger partial charge in [0.15, 0.2) is 0 Å². The van der Waals surface area contributed by atoms with Crippen LogP contribution in [0.5, 0.6) is 0 Å². The molecular formula is C14H19NO4S. The Morgan fingerprint density at radius 2 is 2.20 bits per heavy atom. The first-order chi connectivity index (χ1) is 9.35. The van der Waals surface area contributed by atoms with Crippen LogP contribution in [-0.2, 0) is 9.53 Å². The van der Waals surface area contributed by atoms with Crippen molar-refractivity contribution in [3.63, 3.8) is 0 Å². The van der Waals surface area contributed by atoms with E-state index in [9.17, 15) is 9.59 Å². The maximum atomic E-state index is 12.1. The molecule has 0 saturated heterocycles. The summed E-state index contributed by atoms with van der Waals surface area (Å²) >= 11 is 1.28. The standard InChI is InChI=1S/C14H19NO4S/c1-4-19-14(2,3)9-15-13(18)12-10(7-8-20-12)5-6-11(16)17/h5-8H,4,9H2,1-3H3,(H,15,18)(H,16,17)/b6-5+. The highest BCUT2D eigenvalue weighted by atomic mass is 32.1. The predicted octanol–water partition coefficient (Wildman–Crippen LogP) is 2.39. The SMILES string of the molecule is CCOC(C)(C)CNC(=O)c1sccc1/C=C/C(=O)O. The van der Waals surface area contributed by atoms with Gasteiger partial charge in [0.05, 0.1) is 10.5 Å². The van der Waals surface area contributed by atoms with E-state index in [1.807, 2.05) is 20.8 Å². The van der Waals surface area contributed by atoms with E-state index in [-0.39, 0.29) is 5.91 Å². The minimum Gasteiger partial charge on any atom is -0.478 e. The molecule has 0 atom stereocenters. The maximum absolute atomic E-state index is 12.1. The quantitative estimate of drug-likeness (QED) is 0.758. The zero-order valence-electron chi connectivity index (χ0n) is 11.8. The monoisotopic (exact) mass is 297 g/mol. The third-order valence-corrected chi connectivity index (χ3v) is 3.45. The number of carbonyl (C=O) groups excluding carboxylic acids is 1. The lowest BCUT2D eigenvalue weighted by atomic mass is 10.1. The van der Waals surface area contributed by atoms with Crippen molar-refractivity contribution in [1.29, 1.82) is 0 Å². The average molecular weight is 297 g/mol. The summed E-state index contributed by atoms with van der Waals surface area (Å²) in [5.41, 5.74) is 0.169. The summed E-state index contributed by atoms with van der Waals surface area (Å²) < 4.78 is 5.50. The van der Waals surface area contributed by atoms with Gasteiger partial charge in [-0.2, -0.15) is 0 Å². The number of amides is 1. The molecule has 1 amide bonds. The number of hydrogen-bond donors (Lipinski definition) is 2. The van der Waals surface area contributed by atoms with Crippen molar-refractivity contribution in [1.82, 2.24) is 5.32 Å². The fourth-order valence-electron chi connectivity index (χ4n) is 1.61. The highest BCUT2D eigenvalue weighted by molar-refractivity contribution is 7.12. The molecule has 1 aromatic rings. The van der Waals surface area contributed by atoms with E-state index in [0.717, 1.165) is 6.08 Å². The predicted molar refractivity (Wildman–Crippen MR) is 79.0 cm³/mol. The molecule has 5 nitrogen and oxygen atoms in total. The lowest BCUT2D eigenvalue weighted by Gasteiger charge is -2.24. The largest absolute Gasteiger partial charge is 0.478 e. The van der Waals surface area contributed by atoms with Crippen LogP contribution >= 0.6 is 11.3 Å². The van der Waals surface area contributed by atoms with Crippen LogP contribution in [0.4, 0.5) is 0 Å². The van der Waals surface area contributed by atoms with E-state index < -0.39 is 11.6 Å². The third-order valence-electron chi connectivity index (χ3n) is 2.52. The topological polar surface area (TPSA) is 75.6 Å². The summed E-state index contributed by atoms with van der Waals surface area (Å²) in [6.07, 6.45) is 2.43. The zero-order valence-corrected chi connectivity index (χ0v) is 12.6. The molecule has 0 aromatic carbocycles. The number of carboxylic acid groups (broad SMARTS) is 1. The van der Waals surface area contributed by atoms with Gasteiger partial charge in [-0.3, -0.25) is 4.79 Å². The molecular weight excluding hydrogens is 278 g/mol. The molecule has 0 aliphatic heterocycles. The van der Waals surface area contributed by atoms with Gasteiger partial charge in [0.1, 0.15) is 0 Å². The molecule has 0 spiro atoms. The van der Waals surface area contributed by atoms with Crippen molar-refractivity contribution in [2.45, 2.75) is 26.4 Å². The van der Waals surface area contributed by atoms with Gasteiger partial charge in [0, 0.05) is 19.2 Å². The Morgan fingerprint density at radius 1 is 1.50 bits per heavy atom. The number of hydrogen-bond acceptors (Lipinski definition) is 4. The second-order valence-electron chi connectivity index (χ2n) is 4.75. The fourth-order valence-corrected chi connectivity index (χ4v) is 2.41. The van der Waals surface area contributed by atoms with Crippen molar-refractivity contribution in [3.05, 3.63) is 28.0 Å². The molecule has 0 aliphatic rings. The number of aliphatic carboxylic acids is 1. The Morgan fingerprint density at radius 3 is 2.80 bits per heavy atom. The molecule has 0 fully saturated rings. The Labute approximate surface area is 122 Å². The number of ether oxygens (including phenoxy) is 1. The van der Waals surface area contributed by atoms with Crippen LogP contribution in [0.25, 0.3) is 6.08 Å². The van der Waals surface area contributed by atoms with Crippen LogP contribution in [0.2, 0.25) is 0 Å². The van der Waals surface area contributed by atoms with Gasteiger partial charge in [-0.05, 0) is 43.9 Å². The van der Waals surface area contributed by atoms with E-state index in [1.54, 1.807) is 11.4 Å². The molecule has 0 aliphatic carbocycles. The van der Waals surface area contributed by atoms with Crippen LogP contribution in [0.3, 0.4) is 0 Å². The number of carbonyl (C=O) groups is 2. The van der Waals surface area contributed by atoms with Gasteiger partial charge in [0.25, 0.3) is 5.91 Å². The minimum atomic E-state index is -1.04. The molecule has 2 N–H and O–H groups in total. The summed E-state index contributed by atoms with van der Waals surface area (Å²) in [6.45, 7) is 6.67. The molecule has 0 saturated carbocycles. The number of nitrogens with one attached hydrogen (secondary N) is 1. The fraction of sp³-hybridized carbons (Fsp3) is 0.429. The van der Waals surface area contributed by atoms with Crippen molar-refractivity contribution >= 4 is 29.3 Å². The molecule has 110 valence electrons. The zero-order chi connectivity index (χ0) is 15.2. The lowest BCUT2D eigenvalue weighted by molar-refractivity contribution is -0.131. The normalized spacial score (nSPS) is 11.8. The average Bonchev–Trinajstić information content (AvgIpc) is 2.82. The van der Waals surface area contributed by atoms with Gasteiger partial charge in [0.2, 0.25) is 0 Å². The summed E-state index contributed by atoms with van der Waals surface area (Å²) in [7, 11) is 0. The first kappa shape index (κ1) is 16.4. The van der Waals surface area contributed by atoms with Gasteiger partial charge >= 0.3 is 5.97 Å². The smallest absolute Gasteiger partial charge is 0.328 e. The molecule has 1 aromatic heterocycles. The molecule has 0 bridgehead atoms. The summed E-state index contributed by atoms with van der Waals surface area (Å²) in [4.78, 5) is 23.1. The molecule has 1 heterocycles. The number of carboxylic acids is 1. The maximum Gasteiger partial charge on any atom is 0.328 e. The third kappa shape index (κ3) is 5.14. The van der Waals surface area contributed by atoms with Crippen LogP contribution in [0.15, 0.2) is 17.5 Å². The minimum absolute atomic E-state index is 0.224. The molecule has 6 heteroatoms. The van der Waals surface area contributed by atoms with Crippen molar-refractivity contribution in [3.8, 4) is 0 Å². The Hall–Kier alpha value is -1.66. The molecule has 0 radical (unpaired) electrons. The van der Waals surface area contributed by atoms with Gasteiger partial charge in [-0.15, -0.1) is 11.3 Å². The summed E-state index contributed by atoms with van der Waals surface area (Å²) in [5, 5.41) is 13.2. The molecule has 0 unspecified atom stereocenters. The summed E-state index contributed by atoms with van der Waals surface area (Å²) in [5.74, 6) is -1.27. The lowest BCUT2D eigenvalue weighted by Crippen LogP contribution is -2.40. The van der Waals surface area contributed by atoms with E-state index in [1.165, 1.54) is 17.4 Å². The highest BCUT2D eigenvalue weighted by Gasteiger charge is 2.20. The highest BCUT2D eigenvalue weighted by Crippen LogP contribution is 2.18. The van der Waals surface area contributed by atoms with Crippen molar-refractivity contribution in [2.75, 3.05) is 13.2 Å².